The van der Waals surface area contributed by atoms with Gasteiger partial charge in [-0.05, 0) is 86.5 Å². The van der Waals surface area contributed by atoms with Crippen molar-refractivity contribution >= 4 is 46.7 Å². The van der Waals surface area contributed by atoms with Crippen LogP contribution < -0.4 is 0 Å². The number of carbonyl (C=O) groups excluding carboxylic acids is 5. The number of aliphatic carboxylic acids is 1. The van der Waals surface area contributed by atoms with Crippen LogP contribution in [-0.2, 0) is 78.7 Å². The highest BCUT2D eigenvalue weighted by atomic mass is 35.5. The predicted octanol–water partition coefficient (Wildman–Crippen LogP) is 19.8. The molecule has 0 amide bonds. The predicted molar refractivity (Wildman–Crippen MR) is 397 cm³/mol. The molecule has 9 atom stereocenters. The fourth-order valence-corrected chi connectivity index (χ4v) is 10.1. The van der Waals surface area contributed by atoms with Gasteiger partial charge in [-0.1, -0.05) is 273 Å². The van der Waals surface area contributed by atoms with Crippen molar-refractivity contribution in [1.29, 1.82) is 0 Å². The number of carbonyl (C=O) groups is 6. The molecule has 3 N–H and O–H groups in total. The largest absolute Gasteiger partial charge is 0.481 e. The highest BCUT2D eigenvalue weighted by Gasteiger charge is 2.66. The molecule has 0 aromatic heterocycles. The topological polar surface area (TPSA) is 228 Å². The summed E-state index contributed by atoms with van der Waals surface area (Å²) in [4.78, 5) is 66.2. The van der Waals surface area contributed by atoms with Gasteiger partial charge in [-0.3, -0.25) is 19.2 Å². The molecule has 16 nitrogen and oxygen atoms in total. The highest BCUT2D eigenvalue weighted by Crippen LogP contribution is 2.46. The van der Waals surface area contributed by atoms with Crippen LogP contribution in [0.25, 0.3) is 0 Å². The van der Waals surface area contributed by atoms with Crippen molar-refractivity contribution in [2.75, 3.05) is 21.3 Å². The van der Waals surface area contributed by atoms with Crippen LogP contribution >= 0.6 is 11.6 Å². The van der Waals surface area contributed by atoms with E-state index in [1.54, 1.807) is 86.6 Å². The molecule has 0 bridgehead atoms. The van der Waals surface area contributed by atoms with Crippen molar-refractivity contribution in [2.24, 2.45) is 0 Å². The molecule has 0 saturated carbocycles. The van der Waals surface area contributed by atoms with Crippen LogP contribution in [0.1, 0.15) is 149 Å². The highest BCUT2D eigenvalue weighted by molar-refractivity contribution is 6.65. The lowest BCUT2D eigenvalue weighted by Crippen LogP contribution is -2.51. The minimum absolute atomic E-state index is 0.149. The molecule has 0 fully saturated rings. The lowest BCUT2D eigenvalue weighted by Gasteiger charge is -2.33. The minimum atomic E-state index is -4.98. The second-order valence-corrected chi connectivity index (χ2v) is 23.8. The van der Waals surface area contributed by atoms with Crippen LogP contribution in [0.5, 0.6) is 0 Å². The van der Waals surface area contributed by atoms with Crippen LogP contribution in [0.15, 0.2) is 273 Å². The number of halogens is 10. The molecule has 26 heteroatoms. The Morgan fingerprint density at radius 1 is 0.300 bits per heavy atom. The second kappa shape index (κ2) is 47.4. The maximum atomic E-state index is 13.7. The monoisotopic (exact) mass is 1560 g/mol. The fourth-order valence-electron chi connectivity index (χ4n) is 9.77. The molecule has 0 aliphatic rings. The third-order valence-electron chi connectivity index (χ3n) is 15.4. The molecule has 0 radical (unpaired) electrons. The van der Waals surface area contributed by atoms with E-state index in [2.05, 4.69) is 14.2 Å². The van der Waals surface area contributed by atoms with E-state index in [0.29, 0.717) is 11.1 Å². The van der Waals surface area contributed by atoms with Gasteiger partial charge in [0.15, 0.2) is 0 Å². The lowest BCUT2D eigenvalue weighted by atomic mass is 9.92. The summed E-state index contributed by atoms with van der Waals surface area (Å²) < 4.78 is 155. The first kappa shape index (κ1) is 95.5. The van der Waals surface area contributed by atoms with Crippen molar-refractivity contribution in [3.8, 4) is 0 Å². The van der Waals surface area contributed by atoms with E-state index < -0.39 is 70.7 Å². The SMILES string of the molecule is CC(=O)O.CC(=O)OC(C)c1ccccc1.CC(=O)O[C@@H](C)c1ccccc1.CC(O)c1ccccc1.CO[C@@](C(=O)Cl)(c1ccccc1)C(F)(F)F.CO[C@@](C(=O)OC(C)c1ccccc1)(c1ccccc1)C(F)(F)F.CO[C@@](C(=O)O[C@@H](C)c1ccccc1)(c1ccccc1)C(F)(F)F.C[C@H](O)c1ccccc1. The van der Waals surface area contributed by atoms with Gasteiger partial charge >= 0.3 is 42.4 Å². The third-order valence-corrected chi connectivity index (χ3v) is 15.7. The number of hydrogen-bond donors (Lipinski definition) is 3. The number of carboxylic acids is 1. The summed E-state index contributed by atoms with van der Waals surface area (Å²) in [6.07, 6.45) is -17.5. The first-order valence-corrected chi connectivity index (χ1v) is 34.0. The van der Waals surface area contributed by atoms with E-state index in [-0.39, 0.29) is 53.0 Å². The average Bonchev–Trinajstić information content (AvgIpc) is 0.771. The third kappa shape index (κ3) is 30.1. The molecule has 110 heavy (non-hydrogen) atoms. The molecule has 0 saturated heterocycles. The zero-order valence-electron chi connectivity index (χ0n) is 62.4. The molecular weight excluding hydrogens is 1470 g/mol. The van der Waals surface area contributed by atoms with Crippen molar-refractivity contribution in [3.05, 3.63) is 323 Å². The van der Waals surface area contributed by atoms with Crippen LogP contribution in [-0.4, -0.2) is 90.3 Å². The van der Waals surface area contributed by atoms with Gasteiger partial charge in [0.25, 0.3) is 28.0 Å². The number of aliphatic hydroxyl groups excluding tert-OH is 2. The van der Waals surface area contributed by atoms with Crippen LogP contribution in [0, 0.1) is 0 Å². The molecule has 0 aliphatic heterocycles. The zero-order chi connectivity index (χ0) is 82.9. The second-order valence-electron chi connectivity index (χ2n) is 23.5. The molecule has 9 aromatic rings. The Hall–Kier alpha value is -10.5. The fraction of sp³-hybridized carbons (Fsp3) is 0.286. The Bertz CT molecular complexity index is 3860. The summed E-state index contributed by atoms with van der Waals surface area (Å²) in [6.45, 7) is 14.2. The maximum absolute atomic E-state index is 13.7. The molecule has 592 valence electrons. The quantitative estimate of drug-likeness (QED) is 0.0296. The van der Waals surface area contributed by atoms with E-state index in [1.165, 1.54) is 94.4 Å². The van der Waals surface area contributed by atoms with Crippen molar-refractivity contribution < 1.29 is 117 Å². The minimum Gasteiger partial charge on any atom is -0.481 e. The standard InChI is InChI=1S/2C18H17F3O3.C10H8ClF3O2.2C10H12O2.2C8H10O.C2H4O2/c2*1-13(14-9-5-3-6-10-14)24-16(22)17(23-2,18(19,20)21)15-11-7-4-8-12-15;1-16-9(8(11)15,10(12,13)14)7-5-3-2-4-6-7;2*1-8(12-9(2)11)10-6-4-3-5-7-10;2*1-7(9)8-5-3-2-4-6-8;1-2(3)4/h2*3-13H,1-2H3;2-6H,1H3;2*3-8H,1-2H3;2*2-7,9H,1H3;1H3,(H,3,4)/t13?,17-;13-,17+;9-;8-;;7-;;/m1010.0../s1. The van der Waals surface area contributed by atoms with E-state index in [4.69, 9.17) is 50.7 Å². The normalized spacial score (nSPS) is 14.0. The smallest absolute Gasteiger partial charge is 0.432 e. The summed E-state index contributed by atoms with van der Waals surface area (Å²) in [5.74, 6) is -4.32. The molecule has 3 unspecified atom stereocenters. The Kier molecular flexibility index (Phi) is 41.2. The molecule has 0 aliphatic carbocycles. The Labute approximate surface area is 639 Å². The Morgan fingerprint density at radius 3 is 0.609 bits per heavy atom. The summed E-state index contributed by atoms with van der Waals surface area (Å²) in [6, 6.07) is 75.6. The van der Waals surface area contributed by atoms with Crippen LogP contribution in [0.2, 0.25) is 0 Å². The number of methoxy groups -OCH3 is 3. The van der Waals surface area contributed by atoms with Gasteiger partial charge in [-0.25, -0.2) is 9.59 Å². The zero-order valence-corrected chi connectivity index (χ0v) is 63.1. The van der Waals surface area contributed by atoms with Crippen LogP contribution in [0.3, 0.4) is 0 Å². The summed E-state index contributed by atoms with van der Waals surface area (Å²) in [7, 11) is 2.48. The molecular formula is C84H90ClF9O16. The van der Waals surface area contributed by atoms with Crippen molar-refractivity contribution in [3.63, 3.8) is 0 Å². The number of alkyl halides is 9. The first-order valence-electron chi connectivity index (χ1n) is 33.6. The Balaban J connectivity index is 0.000000445. The van der Waals surface area contributed by atoms with Crippen molar-refractivity contribution in [1.82, 2.24) is 0 Å². The molecule has 9 rings (SSSR count). The number of hydrogen-bond acceptors (Lipinski definition) is 15. The van der Waals surface area contributed by atoms with Gasteiger partial charge < -0.3 is 48.5 Å². The summed E-state index contributed by atoms with van der Waals surface area (Å²) >= 11 is 5.04. The molecule has 0 heterocycles. The summed E-state index contributed by atoms with van der Waals surface area (Å²) in [5, 5.41) is 23.8. The van der Waals surface area contributed by atoms with Crippen LogP contribution in [0.4, 0.5) is 39.5 Å². The van der Waals surface area contributed by atoms with Crippen molar-refractivity contribution in [2.45, 2.75) is 134 Å². The van der Waals surface area contributed by atoms with E-state index in [9.17, 15) is 63.5 Å². The molecule has 9 aromatic carbocycles. The van der Waals surface area contributed by atoms with Gasteiger partial charge in [0.05, 0.1) is 12.2 Å². The van der Waals surface area contributed by atoms with Gasteiger partial charge in [-0.2, -0.15) is 39.5 Å². The van der Waals surface area contributed by atoms with Gasteiger partial charge in [0, 0.05) is 58.8 Å². The van der Waals surface area contributed by atoms with E-state index in [1.807, 2.05) is 135 Å². The number of esters is 4. The van der Waals surface area contributed by atoms with E-state index in [0.717, 1.165) is 62.6 Å². The lowest BCUT2D eigenvalue weighted by molar-refractivity contribution is -0.279. The van der Waals surface area contributed by atoms with E-state index >= 15 is 0 Å². The number of rotatable bonds is 19. The van der Waals surface area contributed by atoms with Gasteiger partial charge in [-0.15, -0.1) is 0 Å². The number of aliphatic hydroxyl groups is 2. The Morgan fingerprint density at radius 2 is 0.464 bits per heavy atom. The first-order chi connectivity index (χ1) is 51.7. The average molecular weight is 1560 g/mol. The van der Waals surface area contributed by atoms with Gasteiger partial charge in [0.1, 0.15) is 24.4 Å². The maximum Gasteiger partial charge on any atom is 0.432 e. The summed E-state index contributed by atoms with van der Waals surface area (Å²) in [5.41, 5.74) is -5.28. The van der Waals surface area contributed by atoms with Gasteiger partial charge in [0.2, 0.25) is 0 Å². The number of carboxylic acid groups (broad SMARTS) is 1. The number of ether oxygens (including phenoxy) is 7. The number of benzene rings is 9. The molecule has 0 spiro atoms.